The van der Waals surface area contributed by atoms with E-state index in [1.165, 1.54) is 43.2 Å². The molecule has 0 bridgehead atoms. The number of hydrogen-bond donors (Lipinski definition) is 2. The van der Waals surface area contributed by atoms with Crippen LogP contribution < -0.4 is 16.0 Å². The lowest BCUT2D eigenvalue weighted by Crippen LogP contribution is -2.36. The van der Waals surface area contributed by atoms with Gasteiger partial charge in [-0.1, -0.05) is 0 Å². The van der Waals surface area contributed by atoms with Crippen molar-refractivity contribution < 1.29 is 8.42 Å². The first kappa shape index (κ1) is 16.1. The molecule has 0 saturated heterocycles. The summed E-state index contributed by atoms with van der Waals surface area (Å²) in [4.78, 5) is 34.6. The maximum atomic E-state index is 12.1. The van der Waals surface area contributed by atoms with E-state index in [1.54, 1.807) is 0 Å². The lowest BCUT2D eigenvalue weighted by atomic mass is 10.5. The summed E-state index contributed by atoms with van der Waals surface area (Å²) in [7, 11) is -0.919. The lowest BCUT2D eigenvalue weighted by Gasteiger charge is -2.04. The number of imidazole rings is 1. The SMILES string of the molecule is Cn1c(=O)c2[nH]c(CNS(=O)(=O)c3cccnc3)nc2n(C)c1=O. The second-order valence-corrected chi connectivity index (χ2v) is 6.87. The minimum atomic E-state index is -3.76. The number of pyridine rings is 1. The fraction of sp³-hybridized carbons (Fsp3) is 0.231. The van der Waals surface area contributed by atoms with Crippen LogP contribution >= 0.6 is 0 Å². The molecule has 0 amide bonds. The number of nitrogens with one attached hydrogen (secondary N) is 2. The molecule has 2 N–H and O–H groups in total. The third kappa shape index (κ3) is 2.63. The normalized spacial score (nSPS) is 11.9. The average molecular weight is 350 g/mol. The maximum Gasteiger partial charge on any atom is 0.332 e. The predicted octanol–water partition coefficient (Wildman–Crippen LogP) is -1.17. The molecule has 0 aromatic carbocycles. The van der Waals surface area contributed by atoms with Crippen LogP contribution in [0.3, 0.4) is 0 Å². The van der Waals surface area contributed by atoms with Crippen molar-refractivity contribution in [3.05, 3.63) is 51.2 Å². The first-order chi connectivity index (χ1) is 11.3. The summed E-state index contributed by atoms with van der Waals surface area (Å²) in [6.45, 7) is -0.163. The Labute approximate surface area is 135 Å². The first-order valence-electron chi connectivity index (χ1n) is 6.85. The van der Waals surface area contributed by atoms with Crippen LogP contribution in [0.5, 0.6) is 0 Å². The average Bonchev–Trinajstić information content (AvgIpc) is 3.02. The third-order valence-corrected chi connectivity index (χ3v) is 4.90. The van der Waals surface area contributed by atoms with E-state index in [0.717, 1.165) is 4.57 Å². The molecule has 0 aliphatic heterocycles. The minimum absolute atomic E-state index is 0.0180. The number of hydrogen-bond acceptors (Lipinski definition) is 6. The van der Waals surface area contributed by atoms with Crippen molar-refractivity contribution in [3.8, 4) is 0 Å². The monoisotopic (exact) mass is 350 g/mol. The van der Waals surface area contributed by atoms with Crippen LogP contribution in [0, 0.1) is 0 Å². The number of nitrogens with zero attached hydrogens (tertiary/aromatic N) is 4. The van der Waals surface area contributed by atoms with Gasteiger partial charge in [0.2, 0.25) is 10.0 Å². The van der Waals surface area contributed by atoms with Gasteiger partial charge in [-0.05, 0) is 12.1 Å². The first-order valence-corrected chi connectivity index (χ1v) is 8.34. The van der Waals surface area contributed by atoms with E-state index >= 15 is 0 Å². The van der Waals surface area contributed by atoms with Crippen LogP contribution in [0.2, 0.25) is 0 Å². The molecular weight excluding hydrogens is 336 g/mol. The van der Waals surface area contributed by atoms with Crippen molar-refractivity contribution in [3.63, 3.8) is 0 Å². The number of H-pyrrole nitrogens is 1. The molecule has 0 aliphatic carbocycles. The number of aryl methyl sites for hydroxylation is 1. The molecule has 3 aromatic heterocycles. The number of sulfonamides is 1. The van der Waals surface area contributed by atoms with E-state index in [9.17, 15) is 18.0 Å². The Hall–Kier alpha value is -2.79. The highest BCUT2D eigenvalue weighted by molar-refractivity contribution is 7.89. The van der Waals surface area contributed by atoms with Crippen molar-refractivity contribution in [2.75, 3.05) is 0 Å². The van der Waals surface area contributed by atoms with Gasteiger partial charge < -0.3 is 4.98 Å². The highest BCUT2D eigenvalue weighted by Gasteiger charge is 2.17. The maximum absolute atomic E-state index is 12.1. The van der Waals surface area contributed by atoms with E-state index in [4.69, 9.17) is 0 Å². The quantitative estimate of drug-likeness (QED) is 0.610. The molecule has 126 valence electrons. The molecule has 0 saturated carbocycles. The van der Waals surface area contributed by atoms with Gasteiger partial charge in [-0.15, -0.1) is 0 Å². The Bertz CT molecular complexity index is 1130. The second kappa shape index (κ2) is 5.69. The lowest BCUT2D eigenvalue weighted by molar-refractivity contribution is 0.579. The van der Waals surface area contributed by atoms with Gasteiger partial charge in [0.25, 0.3) is 5.56 Å². The fourth-order valence-electron chi connectivity index (χ4n) is 2.21. The zero-order valence-electron chi connectivity index (χ0n) is 12.8. The zero-order chi connectivity index (χ0) is 17.5. The van der Waals surface area contributed by atoms with Crippen LogP contribution in [0.4, 0.5) is 0 Å². The summed E-state index contributed by atoms with van der Waals surface area (Å²) in [5.41, 5.74) is -0.739. The Morgan fingerprint density at radius 1 is 1.25 bits per heavy atom. The van der Waals surface area contributed by atoms with Gasteiger partial charge >= 0.3 is 5.69 Å². The molecule has 0 unspecified atom stereocenters. The summed E-state index contributed by atoms with van der Waals surface area (Å²) >= 11 is 0. The van der Waals surface area contributed by atoms with Gasteiger partial charge in [-0.3, -0.25) is 18.9 Å². The smallest absolute Gasteiger partial charge is 0.332 e. The van der Waals surface area contributed by atoms with Gasteiger partial charge in [0.05, 0.1) is 6.54 Å². The molecule has 0 aliphatic rings. The van der Waals surface area contributed by atoms with E-state index in [1.807, 2.05) is 0 Å². The highest BCUT2D eigenvalue weighted by atomic mass is 32.2. The molecule has 10 nitrogen and oxygen atoms in total. The van der Waals surface area contributed by atoms with E-state index in [0.29, 0.717) is 0 Å². The van der Waals surface area contributed by atoms with Gasteiger partial charge in [-0.2, -0.15) is 0 Å². The summed E-state index contributed by atoms with van der Waals surface area (Å²) in [6, 6.07) is 2.92. The van der Waals surface area contributed by atoms with Crippen molar-refractivity contribution in [2.24, 2.45) is 14.1 Å². The number of rotatable bonds is 4. The molecule has 0 fully saturated rings. The Kier molecular flexibility index (Phi) is 3.81. The second-order valence-electron chi connectivity index (χ2n) is 5.10. The Morgan fingerprint density at radius 2 is 2.00 bits per heavy atom. The largest absolute Gasteiger partial charge is 0.335 e. The van der Waals surface area contributed by atoms with E-state index in [2.05, 4.69) is 19.7 Å². The Balaban J connectivity index is 1.95. The molecule has 3 aromatic rings. The van der Waals surface area contributed by atoms with Gasteiger partial charge in [0.15, 0.2) is 5.65 Å². The van der Waals surface area contributed by atoms with Crippen LogP contribution in [-0.4, -0.2) is 32.5 Å². The number of aromatic nitrogens is 5. The molecule has 0 spiro atoms. The van der Waals surface area contributed by atoms with Crippen LogP contribution in [0.25, 0.3) is 11.2 Å². The fourth-order valence-corrected chi connectivity index (χ4v) is 3.16. The molecule has 3 heterocycles. The van der Waals surface area contributed by atoms with Gasteiger partial charge in [0, 0.05) is 26.5 Å². The van der Waals surface area contributed by atoms with Crippen molar-refractivity contribution >= 4 is 21.2 Å². The van der Waals surface area contributed by atoms with E-state index < -0.39 is 21.3 Å². The van der Waals surface area contributed by atoms with Crippen molar-refractivity contribution in [2.45, 2.75) is 11.4 Å². The summed E-state index contributed by atoms with van der Waals surface area (Å²) < 4.78 is 28.8. The minimum Gasteiger partial charge on any atom is -0.335 e. The molecular formula is C13H14N6O4S. The van der Waals surface area contributed by atoms with Crippen LogP contribution in [0.1, 0.15) is 5.82 Å². The standard InChI is InChI=1S/C13H14N6O4S/c1-18-11-10(12(20)19(2)13(18)21)16-9(17-11)7-15-24(22,23)8-4-3-5-14-6-8/h3-6,15H,7H2,1-2H3,(H,16,17). The van der Waals surface area contributed by atoms with Crippen LogP contribution in [0.15, 0.2) is 39.0 Å². The Morgan fingerprint density at radius 3 is 2.67 bits per heavy atom. The summed E-state index contributed by atoms with van der Waals surface area (Å²) in [5.74, 6) is 0.218. The van der Waals surface area contributed by atoms with Crippen molar-refractivity contribution in [1.82, 2.24) is 28.8 Å². The summed E-state index contributed by atoms with van der Waals surface area (Å²) in [6.07, 6.45) is 2.69. The molecule has 0 atom stereocenters. The molecule has 3 rings (SSSR count). The zero-order valence-corrected chi connectivity index (χ0v) is 13.7. The third-order valence-electron chi connectivity index (χ3n) is 3.52. The number of fused-ring (bicyclic) bond motifs is 1. The summed E-state index contributed by atoms with van der Waals surface area (Å²) in [5, 5.41) is 0. The van der Waals surface area contributed by atoms with E-state index in [-0.39, 0.29) is 28.4 Å². The van der Waals surface area contributed by atoms with Crippen LogP contribution in [-0.2, 0) is 30.7 Å². The topological polar surface area (TPSA) is 132 Å². The highest BCUT2D eigenvalue weighted by Crippen LogP contribution is 2.08. The van der Waals surface area contributed by atoms with Crippen molar-refractivity contribution in [1.29, 1.82) is 0 Å². The molecule has 0 radical (unpaired) electrons. The number of aromatic amines is 1. The molecule has 11 heteroatoms. The molecule has 24 heavy (non-hydrogen) atoms. The predicted molar refractivity (Wildman–Crippen MR) is 84.8 cm³/mol. The van der Waals surface area contributed by atoms with Gasteiger partial charge in [0.1, 0.15) is 16.2 Å². The van der Waals surface area contributed by atoms with Gasteiger partial charge in [-0.25, -0.2) is 22.9 Å².